The van der Waals surface area contributed by atoms with Gasteiger partial charge in [-0.1, -0.05) is 0 Å². The van der Waals surface area contributed by atoms with Crippen molar-refractivity contribution in [3.8, 4) is 0 Å². The van der Waals surface area contributed by atoms with Crippen LogP contribution >= 0.6 is 0 Å². The fourth-order valence-corrected chi connectivity index (χ4v) is 5.73. The molecular weight excluding hydrogens is 450 g/mol. The average molecular weight is 484 g/mol. The molecule has 5 rings (SSSR count). The predicted octanol–water partition coefficient (Wildman–Crippen LogP) is 1.19. The summed E-state index contributed by atoms with van der Waals surface area (Å²) in [6.07, 6.45) is 2.52. The molecule has 1 unspecified atom stereocenters. The Hall–Kier alpha value is -3.14. The number of piperidine rings is 2. The molecular formula is C25H33N5O5. The number of carbonyl (C=O) groups is 4. The summed E-state index contributed by atoms with van der Waals surface area (Å²) >= 11 is 0. The van der Waals surface area contributed by atoms with Crippen LogP contribution in [0.15, 0.2) is 18.2 Å². The summed E-state index contributed by atoms with van der Waals surface area (Å²) in [7, 11) is 0. The third-order valence-corrected chi connectivity index (χ3v) is 7.69. The molecule has 4 aliphatic heterocycles. The van der Waals surface area contributed by atoms with Crippen molar-refractivity contribution in [3.63, 3.8) is 0 Å². The maximum atomic E-state index is 12.9. The molecule has 35 heavy (non-hydrogen) atoms. The highest BCUT2D eigenvalue weighted by molar-refractivity contribution is 6.05. The Morgan fingerprint density at radius 2 is 1.77 bits per heavy atom. The zero-order valence-electron chi connectivity index (χ0n) is 20.2. The maximum Gasteiger partial charge on any atom is 0.409 e. The van der Waals surface area contributed by atoms with Gasteiger partial charge in [0.25, 0.3) is 5.91 Å². The van der Waals surface area contributed by atoms with Gasteiger partial charge >= 0.3 is 6.09 Å². The highest BCUT2D eigenvalue weighted by atomic mass is 16.6. The Kier molecular flexibility index (Phi) is 6.64. The van der Waals surface area contributed by atoms with Crippen LogP contribution in [0.2, 0.25) is 0 Å². The maximum absolute atomic E-state index is 12.9. The van der Waals surface area contributed by atoms with Crippen LogP contribution in [-0.4, -0.2) is 96.5 Å². The quantitative estimate of drug-likeness (QED) is 0.642. The molecule has 1 atom stereocenters. The topological polar surface area (TPSA) is 102 Å². The van der Waals surface area contributed by atoms with Gasteiger partial charge in [0, 0.05) is 69.5 Å². The van der Waals surface area contributed by atoms with E-state index in [9.17, 15) is 19.2 Å². The lowest BCUT2D eigenvalue weighted by Gasteiger charge is -2.43. The number of hydrogen-bond acceptors (Lipinski definition) is 7. The number of amides is 4. The predicted molar refractivity (Wildman–Crippen MR) is 128 cm³/mol. The first-order valence-corrected chi connectivity index (χ1v) is 12.6. The van der Waals surface area contributed by atoms with Gasteiger partial charge in [0.1, 0.15) is 6.04 Å². The number of hydrogen-bond donors (Lipinski definition) is 1. The lowest BCUT2D eigenvalue weighted by atomic mass is 10.0. The fourth-order valence-electron chi connectivity index (χ4n) is 5.73. The van der Waals surface area contributed by atoms with Gasteiger partial charge in [0.2, 0.25) is 11.8 Å². The van der Waals surface area contributed by atoms with Crippen LogP contribution in [0.1, 0.15) is 48.5 Å². The molecule has 1 aromatic rings. The van der Waals surface area contributed by atoms with E-state index in [1.165, 1.54) is 0 Å². The van der Waals surface area contributed by atoms with Crippen molar-refractivity contribution in [1.29, 1.82) is 0 Å². The Labute approximate surface area is 205 Å². The van der Waals surface area contributed by atoms with Crippen molar-refractivity contribution >= 4 is 29.5 Å². The molecule has 0 spiro atoms. The third-order valence-electron chi connectivity index (χ3n) is 7.69. The molecule has 3 saturated heterocycles. The molecule has 0 bridgehead atoms. The van der Waals surface area contributed by atoms with Gasteiger partial charge in [-0.2, -0.15) is 0 Å². The summed E-state index contributed by atoms with van der Waals surface area (Å²) in [6, 6.07) is 5.88. The van der Waals surface area contributed by atoms with E-state index in [0.29, 0.717) is 44.3 Å². The molecule has 0 saturated carbocycles. The van der Waals surface area contributed by atoms with Crippen LogP contribution in [0.3, 0.4) is 0 Å². The number of fused-ring (bicyclic) bond motifs is 1. The van der Waals surface area contributed by atoms with Crippen molar-refractivity contribution in [1.82, 2.24) is 20.0 Å². The smallest absolute Gasteiger partial charge is 0.409 e. The minimum absolute atomic E-state index is 0.137. The van der Waals surface area contributed by atoms with Gasteiger partial charge in [0.05, 0.1) is 6.61 Å². The molecule has 1 aromatic carbocycles. The van der Waals surface area contributed by atoms with Crippen molar-refractivity contribution in [2.45, 2.75) is 51.2 Å². The second kappa shape index (κ2) is 9.85. The summed E-state index contributed by atoms with van der Waals surface area (Å²) in [5, 5.41) is 2.35. The number of piperazine rings is 1. The number of nitrogens with one attached hydrogen (secondary N) is 1. The molecule has 1 N–H and O–H groups in total. The second-order valence-electron chi connectivity index (χ2n) is 9.68. The van der Waals surface area contributed by atoms with Crippen molar-refractivity contribution < 1.29 is 23.9 Å². The van der Waals surface area contributed by atoms with E-state index in [4.69, 9.17) is 4.74 Å². The standard InChI is InChI=1S/C25H33N5O5/c1-2-35-25(34)29-13-11-28(12-14-29)18-7-9-27(10-8-18)19-3-4-20-17(15-19)16-30(24(20)33)21-5-6-22(31)26-23(21)32/h3-4,15,18,21H,2,5-14,16H2,1H3,(H,26,31,32). The molecule has 3 fully saturated rings. The first-order valence-electron chi connectivity index (χ1n) is 12.6. The molecule has 10 heteroatoms. The summed E-state index contributed by atoms with van der Waals surface area (Å²) in [5.41, 5.74) is 2.69. The van der Waals surface area contributed by atoms with Crippen LogP contribution in [0.25, 0.3) is 0 Å². The van der Waals surface area contributed by atoms with Crippen LogP contribution < -0.4 is 10.2 Å². The van der Waals surface area contributed by atoms with Crippen LogP contribution in [0.5, 0.6) is 0 Å². The Morgan fingerprint density at radius 1 is 1.03 bits per heavy atom. The Bertz CT molecular complexity index is 1010. The van der Waals surface area contributed by atoms with Gasteiger partial charge in [-0.25, -0.2) is 4.79 Å². The molecule has 188 valence electrons. The van der Waals surface area contributed by atoms with Gasteiger partial charge in [-0.15, -0.1) is 0 Å². The Morgan fingerprint density at radius 3 is 2.46 bits per heavy atom. The van der Waals surface area contributed by atoms with Crippen molar-refractivity contribution in [3.05, 3.63) is 29.3 Å². The average Bonchev–Trinajstić information content (AvgIpc) is 3.20. The summed E-state index contributed by atoms with van der Waals surface area (Å²) < 4.78 is 5.12. The van der Waals surface area contributed by atoms with E-state index in [-0.39, 0.29) is 30.2 Å². The van der Waals surface area contributed by atoms with E-state index < -0.39 is 6.04 Å². The number of nitrogens with zero attached hydrogens (tertiary/aromatic N) is 4. The van der Waals surface area contributed by atoms with Gasteiger partial charge in [-0.05, 0) is 49.9 Å². The minimum atomic E-state index is -0.587. The van der Waals surface area contributed by atoms with Gasteiger partial charge in [-0.3, -0.25) is 24.6 Å². The number of imide groups is 1. The van der Waals surface area contributed by atoms with Gasteiger partial charge < -0.3 is 19.4 Å². The lowest BCUT2D eigenvalue weighted by molar-refractivity contribution is -0.136. The molecule has 4 aliphatic rings. The lowest BCUT2D eigenvalue weighted by Crippen LogP contribution is -2.54. The molecule has 0 radical (unpaired) electrons. The second-order valence-corrected chi connectivity index (χ2v) is 9.68. The number of ether oxygens (including phenoxy) is 1. The highest BCUT2D eigenvalue weighted by Crippen LogP contribution is 2.32. The zero-order chi connectivity index (χ0) is 24.5. The normalized spacial score (nSPS) is 24.0. The van der Waals surface area contributed by atoms with E-state index in [1.807, 2.05) is 19.1 Å². The number of carbonyl (C=O) groups excluding carboxylic acids is 4. The largest absolute Gasteiger partial charge is 0.450 e. The van der Waals surface area contributed by atoms with Crippen LogP contribution in [0, 0.1) is 0 Å². The molecule has 0 aliphatic carbocycles. The first-order chi connectivity index (χ1) is 16.9. The van der Waals surface area contributed by atoms with Crippen LogP contribution in [-0.2, 0) is 20.9 Å². The SMILES string of the molecule is CCOC(=O)N1CCN(C2CCN(c3ccc4c(c3)CN(C3CCC(=O)NC3=O)C4=O)CC2)CC1. The van der Waals surface area contributed by atoms with Gasteiger partial charge in [0.15, 0.2) is 0 Å². The van der Waals surface area contributed by atoms with E-state index in [2.05, 4.69) is 21.2 Å². The summed E-state index contributed by atoms with van der Waals surface area (Å²) in [4.78, 5) is 56.9. The Balaban J connectivity index is 1.16. The number of anilines is 1. The summed E-state index contributed by atoms with van der Waals surface area (Å²) in [6.45, 7) is 7.68. The highest BCUT2D eigenvalue weighted by Gasteiger charge is 2.39. The zero-order valence-corrected chi connectivity index (χ0v) is 20.2. The summed E-state index contributed by atoms with van der Waals surface area (Å²) in [5.74, 6) is -0.795. The van der Waals surface area contributed by atoms with Crippen LogP contribution in [0.4, 0.5) is 10.5 Å². The first kappa shape index (κ1) is 23.6. The van der Waals surface area contributed by atoms with E-state index in [1.54, 1.807) is 9.80 Å². The number of benzene rings is 1. The van der Waals surface area contributed by atoms with Crippen molar-refractivity contribution in [2.75, 3.05) is 50.8 Å². The van der Waals surface area contributed by atoms with Crippen molar-refractivity contribution in [2.24, 2.45) is 0 Å². The molecule has 0 aromatic heterocycles. The fraction of sp³-hybridized carbons (Fsp3) is 0.600. The third kappa shape index (κ3) is 4.71. The molecule has 4 heterocycles. The molecule has 10 nitrogen and oxygen atoms in total. The number of rotatable bonds is 4. The van der Waals surface area contributed by atoms with E-state index in [0.717, 1.165) is 50.3 Å². The molecule has 4 amide bonds. The van der Waals surface area contributed by atoms with E-state index >= 15 is 0 Å². The monoisotopic (exact) mass is 483 g/mol. The minimum Gasteiger partial charge on any atom is -0.450 e.